The Morgan fingerprint density at radius 1 is 0.514 bits per heavy atom. The van der Waals surface area contributed by atoms with Crippen LogP contribution in [0.1, 0.15) is 156 Å². The Balaban J connectivity index is 2.75. The molecule has 0 amide bonds. The molecule has 2 rings (SSSR count). The Morgan fingerprint density at radius 2 is 0.943 bits per heavy atom. The highest BCUT2D eigenvalue weighted by molar-refractivity contribution is 5.51. The second-order valence-corrected chi connectivity index (χ2v) is 16.2. The molecule has 1 atom stereocenters. The third-order valence-corrected chi connectivity index (χ3v) is 7.38. The molecule has 0 aliphatic carbocycles. The first-order valence-corrected chi connectivity index (χ1v) is 13.8. The quantitative estimate of drug-likeness (QED) is 0.413. The first kappa shape index (κ1) is 29.7. The van der Waals surface area contributed by atoms with Gasteiger partial charge in [0.25, 0.3) is 0 Å². The van der Waals surface area contributed by atoms with Gasteiger partial charge in [-0.15, -0.1) is 0 Å². The fourth-order valence-corrected chi connectivity index (χ4v) is 5.33. The molecule has 196 valence electrons. The second-order valence-electron chi connectivity index (χ2n) is 16.2. The predicted molar refractivity (Wildman–Crippen MR) is 159 cm³/mol. The molecular weight excluding hydrogens is 420 g/mol. The van der Waals surface area contributed by atoms with Crippen LogP contribution in [0.15, 0.2) is 30.3 Å². The molecule has 0 aromatic heterocycles. The largest absolute Gasteiger partial charge is 0.0584 e. The molecule has 2 aromatic carbocycles. The first-order chi connectivity index (χ1) is 15.4. The molecule has 0 bridgehead atoms. The van der Waals surface area contributed by atoms with Crippen molar-refractivity contribution in [3.05, 3.63) is 69.3 Å². The van der Waals surface area contributed by atoms with E-state index in [4.69, 9.17) is 0 Å². The average Bonchev–Trinajstić information content (AvgIpc) is 2.63. The van der Waals surface area contributed by atoms with Crippen LogP contribution in [0.4, 0.5) is 0 Å². The monoisotopic (exact) mass is 476 g/mol. The molecular formula is C35H56. The van der Waals surface area contributed by atoms with Crippen LogP contribution >= 0.6 is 0 Å². The predicted octanol–water partition coefficient (Wildman–Crippen LogP) is 10.5. The van der Waals surface area contributed by atoms with Gasteiger partial charge in [0, 0.05) is 0 Å². The van der Waals surface area contributed by atoms with E-state index < -0.39 is 0 Å². The maximum atomic E-state index is 2.48. The average molecular weight is 477 g/mol. The van der Waals surface area contributed by atoms with Crippen LogP contribution in [0.3, 0.4) is 0 Å². The molecule has 0 N–H and O–H groups in total. The van der Waals surface area contributed by atoms with E-state index in [2.05, 4.69) is 141 Å². The van der Waals surface area contributed by atoms with E-state index in [9.17, 15) is 0 Å². The summed E-state index contributed by atoms with van der Waals surface area (Å²) in [4.78, 5) is 0. The molecule has 0 spiro atoms. The summed E-state index contributed by atoms with van der Waals surface area (Å²) in [6.45, 7) is 37.9. The van der Waals surface area contributed by atoms with Gasteiger partial charge in [-0.1, -0.05) is 141 Å². The van der Waals surface area contributed by atoms with E-state index in [1.807, 2.05) is 0 Å². The third kappa shape index (κ3) is 7.02. The van der Waals surface area contributed by atoms with Gasteiger partial charge in [0.1, 0.15) is 0 Å². The van der Waals surface area contributed by atoms with Gasteiger partial charge in [0.15, 0.2) is 0 Å². The van der Waals surface area contributed by atoms with Gasteiger partial charge in [-0.05, 0) is 78.4 Å². The van der Waals surface area contributed by atoms with Crippen LogP contribution in [-0.2, 0) is 33.5 Å². The van der Waals surface area contributed by atoms with Gasteiger partial charge < -0.3 is 0 Å². The SMILES string of the molecule is CC(Cc1ccc(C(C)(C)C)c(C(C)(C)C)c1C(C)(C)C)c1cc(C(C)(C)C)cc(C(C)(C)C)c1. The van der Waals surface area contributed by atoms with Crippen molar-refractivity contribution in [1.29, 1.82) is 0 Å². The lowest BCUT2D eigenvalue weighted by Gasteiger charge is -2.38. The van der Waals surface area contributed by atoms with Crippen LogP contribution < -0.4 is 0 Å². The second kappa shape index (κ2) is 9.39. The van der Waals surface area contributed by atoms with Gasteiger partial charge in [0.05, 0.1) is 0 Å². The highest BCUT2D eigenvalue weighted by Gasteiger charge is 2.34. The molecule has 0 aliphatic rings. The molecule has 1 unspecified atom stereocenters. The Bertz CT molecular complexity index is 996. The number of benzene rings is 2. The molecule has 35 heavy (non-hydrogen) atoms. The zero-order valence-electron chi connectivity index (χ0n) is 26.2. The maximum Gasteiger partial charge on any atom is -0.0126 e. The standard InChI is InChI=1S/C35H56/c1-23(25-20-26(31(2,3)4)22-27(21-25)32(5,6)7)19-24-17-18-28(33(8,9)10)30(35(14,15)16)29(24)34(11,12)13/h17-18,20-23H,19H2,1-16H3. The molecule has 0 fully saturated rings. The highest BCUT2D eigenvalue weighted by atomic mass is 14.4. The Labute approximate surface area is 219 Å². The lowest BCUT2D eigenvalue weighted by molar-refractivity contribution is 0.492. The van der Waals surface area contributed by atoms with E-state index in [0.29, 0.717) is 5.92 Å². The van der Waals surface area contributed by atoms with Gasteiger partial charge >= 0.3 is 0 Å². The van der Waals surface area contributed by atoms with Crippen LogP contribution in [0, 0.1) is 0 Å². The van der Waals surface area contributed by atoms with Gasteiger partial charge in [0.2, 0.25) is 0 Å². The van der Waals surface area contributed by atoms with Crippen molar-refractivity contribution >= 4 is 0 Å². The summed E-state index contributed by atoms with van der Waals surface area (Å²) in [5.74, 6) is 0.452. The molecule has 0 aliphatic heterocycles. The van der Waals surface area contributed by atoms with Crippen LogP contribution in [0.2, 0.25) is 0 Å². The fraction of sp³-hybridized carbons (Fsp3) is 0.657. The zero-order chi connectivity index (χ0) is 27.4. The Morgan fingerprint density at radius 3 is 1.29 bits per heavy atom. The van der Waals surface area contributed by atoms with Gasteiger partial charge in [-0.3, -0.25) is 0 Å². The van der Waals surface area contributed by atoms with Crippen molar-refractivity contribution in [3.63, 3.8) is 0 Å². The van der Waals surface area contributed by atoms with Crippen molar-refractivity contribution in [3.8, 4) is 0 Å². The topological polar surface area (TPSA) is 0 Å². The van der Waals surface area contributed by atoms with Gasteiger partial charge in [-0.2, -0.15) is 0 Å². The summed E-state index contributed by atoms with van der Waals surface area (Å²) in [5, 5.41) is 0. The normalized spacial score (nSPS) is 14.9. The summed E-state index contributed by atoms with van der Waals surface area (Å²) in [7, 11) is 0. The fourth-order valence-electron chi connectivity index (χ4n) is 5.33. The number of hydrogen-bond acceptors (Lipinski definition) is 0. The summed E-state index contributed by atoms with van der Waals surface area (Å²) >= 11 is 0. The van der Waals surface area contributed by atoms with Crippen molar-refractivity contribution < 1.29 is 0 Å². The van der Waals surface area contributed by atoms with E-state index in [0.717, 1.165) is 6.42 Å². The van der Waals surface area contributed by atoms with Crippen molar-refractivity contribution in [2.45, 2.75) is 150 Å². The van der Waals surface area contributed by atoms with Crippen LogP contribution in [-0.4, -0.2) is 0 Å². The lowest BCUT2D eigenvalue weighted by atomic mass is 9.66. The van der Waals surface area contributed by atoms with Crippen molar-refractivity contribution in [2.75, 3.05) is 0 Å². The Hall–Kier alpha value is -1.56. The molecule has 0 saturated carbocycles. The molecule has 0 radical (unpaired) electrons. The lowest BCUT2D eigenvalue weighted by Crippen LogP contribution is -2.29. The van der Waals surface area contributed by atoms with Crippen molar-refractivity contribution in [2.24, 2.45) is 0 Å². The van der Waals surface area contributed by atoms with E-state index in [1.54, 1.807) is 11.1 Å². The molecule has 0 saturated heterocycles. The molecule has 0 heterocycles. The summed E-state index contributed by atoms with van der Waals surface area (Å²) < 4.78 is 0. The van der Waals surface area contributed by atoms with Crippen molar-refractivity contribution in [1.82, 2.24) is 0 Å². The van der Waals surface area contributed by atoms with E-state index >= 15 is 0 Å². The van der Waals surface area contributed by atoms with Gasteiger partial charge in [-0.25, -0.2) is 0 Å². The number of rotatable bonds is 3. The minimum Gasteiger partial charge on any atom is -0.0584 e. The molecule has 2 aromatic rings. The Kier molecular flexibility index (Phi) is 7.96. The number of hydrogen-bond donors (Lipinski definition) is 0. The minimum atomic E-state index is 0.0861. The van der Waals surface area contributed by atoms with E-state index in [1.165, 1.54) is 27.8 Å². The van der Waals surface area contributed by atoms with Crippen LogP contribution in [0.25, 0.3) is 0 Å². The minimum absolute atomic E-state index is 0.0861. The summed E-state index contributed by atoms with van der Waals surface area (Å²) in [6.07, 6.45) is 1.07. The third-order valence-electron chi connectivity index (χ3n) is 7.38. The maximum absolute atomic E-state index is 2.48. The zero-order valence-corrected chi connectivity index (χ0v) is 26.2. The molecule has 0 heteroatoms. The van der Waals surface area contributed by atoms with E-state index in [-0.39, 0.29) is 27.1 Å². The summed E-state index contributed by atoms with van der Waals surface area (Å²) in [5.41, 5.74) is 11.1. The summed E-state index contributed by atoms with van der Waals surface area (Å²) in [6, 6.07) is 12.3. The van der Waals surface area contributed by atoms with Crippen LogP contribution in [0.5, 0.6) is 0 Å². The smallest absolute Gasteiger partial charge is 0.0126 e. The first-order valence-electron chi connectivity index (χ1n) is 13.8. The highest BCUT2D eigenvalue weighted by Crippen LogP contribution is 2.44. The molecule has 0 nitrogen and oxygen atoms in total.